The molecule has 3 rings (SSSR count). The molecule has 0 aromatic heterocycles. The van der Waals surface area contributed by atoms with Gasteiger partial charge in [0.1, 0.15) is 12.0 Å². The van der Waals surface area contributed by atoms with E-state index < -0.39 is 17.9 Å². The average molecular weight is 352 g/mol. The number of carboxylic acids is 1. The van der Waals surface area contributed by atoms with Gasteiger partial charge in [0.15, 0.2) is 0 Å². The van der Waals surface area contributed by atoms with Crippen molar-refractivity contribution in [3.63, 3.8) is 0 Å². The first kappa shape index (κ1) is 14.1. The average Bonchev–Trinajstić information content (AvgIpc) is 2.85. The Hall–Kier alpha value is -1.86. The van der Waals surface area contributed by atoms with Crippen LogP contribution in [0.5, 0.6) is 0 Å². The zero-order valence-electron chi connectivity index (χ0n) is 11.3. The molecule has 2 aliphatic heterocycles. The smallest absolute Gasteiger partial charge is 0.310 e. The molecule has 0 aliphatic carbocycles. The van der Waals surface area contributed by atoms with Gasteiger partial charge >= 0.3 is 5.97 Å². The standard InChI is InChI=1S/C14H14BrN3O3/c1-8-7-17-12(11(6-16-17)14(20)21)13(19)18(8)10-4-2-9(15)3-5-10/h2-5,7,11-12,16H,6H2,1H3,(H,20,21)/t11-,12?/m0/s1. The van der Waals surface area contributed by atoms with Crippen LogP contribution in [0.3, 0.4) is 0 Å². The number of allylic oxidation sites excluding steroid dienone is 1. The Morgan fingerprint density at radius 2 is 2.05 bits per heavy atom. The molecule has 1 aromatic rings. The number of halogens is 1. The minimum atomic E-state index is -0.966. The van der Waals surface area contributed by atoms with Crippen LogP contribution in [-0.4, -0.2) is 34.6 Å². The second kappa shape index (κ2) is 5.16. The Morgan fingerprint density at radius 3 is 2.67 bits per heavy atom. The van der Waals surface area contributed by atoms with Crippen molar-refractivity contribution in [2.45, 2.75) is 13.0 Å². The third-order valence-corrected chi connectivity index (χ3v) is 4.26. The van der Waals surface area contributed by atoms with Crippen LogP contribution in [0.25, 0.3) is 0 Å². The van der Waals surface area contributed by atoms with Crippen LogP contribution in [-0.2, 0) is 9.59 Å². The first-order chi connectivity index (χ1) is 9.99. The second-order valence-electron chi connectivity index (χ2n) is 5.08. The molecule has 7 heteroatoms. The molecular formula is C14H14BrN3O3. The molecule has 2 aliphatic rings. The molecule has 2 N–H and O–H groups in total. The number of hydrazine groups is 1. The van der Waals surface area contributed by atoms with Crippen molar-refractivity contribution in [3.05, 3.63) is 40.6 Å². The van der Waals surface area contributed by atoms with Gasteiger partial charge in [-0.2, -0.15) is 0 Å². The van der Waals surface area contributed by atoms with Gasteiger partial charge < -0.3 is 10.1 Å². The zero-order valence-corrected chi connectivity index (χ0v) is 12.9. The monoisotopic (exact) mass is 351 g/mol. The number of anilines is 1. The van der Waals surface area contributed by atoms with E-state index in [1.54, 1.807) is 16.1 Å². The molecule has 21 heavy (non-hydrogen) atoms. The van der Waals surface area contributed by atoms with E-state index in [0.717, 1.165) is 15.9 Å². The molecular weight excluding hydrogens is 338 g/mol. The largest absolute Gasteiger partial charge is 0.481 e. The highest BCUT2D eigenvalue weighted by Crippen LogP contribution is 2.31. The number of benzene rings is 1. The third kappa shape index (κ3) is 2.32. The predicted octanol–water partition coefficient (Wildman–Crippen LogP) is 1.55. The van der Waals surface area contributed by atoms with Crippen LogP contribution in [0, 0.1) is 5.92 Å². The molecule has 110 valence electrons. The van der Waals surface area contributed by atoms with Gasteiger partial charge in [0.25, 0.3) is 5.91 Å². The van der Waals surface area contributed by atoms with Gasteiger partial charge in [-0.1, -0.05) is 15.9 Å². The van der Waals surface area contributed by atoms with Crippen molar-refractivity contribution in [1.29, 1.82) is 0 Å². The zero-order chi connectivity index (χ0) is 15.1. The molecule has 2 heterocycles. The number of nitrogens with one attached hydrogen (secondary N) is 1. The highest BCUT2D eigenvalue weighted by Gasteiger charge is 2.47. The number of hydrogen-bond donors (Lipinski definition) is 2. The van der Waals surface area contributed by atoms with Crippen molar-refractivity contribution in [2.75, 3.05) is 11.4 Å². The van der Waals surface area contributed by atoms with Crippen LogP contribution in [0.4, 0.5) is 5.69 Å². The highest BCUT2D eigenvalue weighted by atomic mass is 79.9. The number of nitrogens with zero attached hydrogens (tertiary/aromatic N) is 2. The lowest BCUT2D eigenvalue weighted by atomic mass is 9.98. The number of aliphatic carboxylic acids is 1. The van der Waals surface area contributed by atoms with E-state index in [-0.39, 0.29) is 12.5 Å². The number of hydrogen-bond acceptors (Lipinski definition) is 4. The van der Waals surface area contributed by atoms with E-state index in [1.165, 1.54) is 0 Å². The fraction of sp³-hybridized carbons (Fsp3) is 0.286. The van der Waals surface area contributed by atoms with Crippen molar-refractivity contribution in [1.82, 2.24) is 10.4 Å². The topological polar surface area (TPSA) is 72.9 Å². The van der Waals surface area contributed by atoms with Gasteiger partial charge in [-0.05, 0) is 31.2 Å². The van der Waals surface area contributed by atoms with E-state index in [2.05, 4.69) is 21.4 Å². The van der Waals surface area contributed by atoms with E-state index in [9.17, 15) is 14.7 Å². The lowest BCUT2D eigenvalue weighted by Crippen LogP contribution is -2.52. The van der Waals surface area contributed by atoms with Crippen molar-refractivity contribution < 1.29 is 14.7 Å². The number of carboxylic acid groups (broad SMARTS) is 1. The minimum absolute atomic E-state index is 0.227. The number of amides is 1. The molecule has 1 aromatic carbocycles. The Balaban J connectivity index is 1.99. The van der Waals surface area contributed by atoms with Crippen LogP contribution < -0.4 is 10.3 Å². The van der Waals surface area contributed by atoms with Crippen molar-refractivity contribution in [3.8, 4) is 0 Å². The van der Waals surface area contributed by atoms with Gasteiger partial charge in [-0.3, -0.25) is 14.5 Å². The number of rotatable bonds is 2. The summed E-state index contributed by atoms with van der Waals surface area (Å²) in [6, 6.07) is 6.64. The maximum atomic E-state index is 12.7. The molecule has 0 saturated carbocycles. The Kier molecular flexibility index (Phi) is 3.46. The Bertz CT molecular complexity index is 629. The van der Waals surface area contributed by atoms with E-state index in [0.29, 0.717) is 0 Å². The first-order valence-corrected chi connectivity index (χ1v) is 7.31. The normalized spacial score (nSPS) is 24.9. The predicted molar refractivity (Wildman–Crippen MR) is 80.1 cm³/mol. The fourth-order valence-electron chi connectivity index (χ4n) is 2.73. The Morgan fingerprint density at radius 1 is 1.38 bits per heavy atom. The van der Waals surface area contributed by atoms with E-state index in [4.69, 9.17) is 0 Å². The molecule has 2 atom stereocenters. The number of carbonyl (C=O) groups excluding carboxylic acids is 1. The molecule has 1 amide bonds. The van der Waals surface area contributed by atoms with Gasteiger partial charge in [0.05, 0.1) is 0 Å². The van der Waals surface area contributed by atoms with E-state index in [1.807, 2.05) is 31.2 Å². The lowest BCUT2D eigenvalue weighted by molar-refractivity contribution is -0.144. The first-order valence-electron chi connectivity index (χ1n) is 6.51. The molecule has 6 nitrogen and oxygen atoms in total. The minimum Gasteiger partial charge on any atom is -0.481 e. The molecule has 1 saturated heterocycles. The number of carbonyl (C=O) groups is 2. The Labute approximate surface area is 130 Å². The number of fused-ring (bicyclic) bond motifs is 1. The lowest BCUT2D eigenvalue weighted by Gasteiger charge is -2.36. The summed E-state index contributed by atoms with van der Waals surface area (Å²) in [4.78, 5) is 25.6. The summed E-state index contributed by atoms with van der Waals surface area (Å²) in [5.41, 5.74) is 4.43. The summed E-state index contributed by atoms with van der Waals surface area (Å²) in [6.07, 6.45) is 1.77. The summed E-state index contributed by atoms with van der Waals surface area (Å²) < 4.78 is 0.921. The van der Waals surface area contributed by atoms with Crippen molar-refractivity contribution >= 4 is 33.5 Å². The second-order valence-corrected chi connectivity index (χ2v) is 6.00. The molecule has 1 unspecified atom stereocenters. The SMILES string of the molecule is CC1=CN2NC[C@H](C(=O)O)C2C(=O)N1c1ccc(Br)cc1. The molecule has 1 fully saturated rings. The summed E-state index contributed by atoms with van der Waals surface area (Å²) in [5.74, 6) is -1.94. The molecule has 0 bridgehead atoms. The summed E-state index contributed by atoms with van der Waals surface area (Å²) >= 11 is 3.36. The van der Waals surface area contributed by atoms with Crippen LogP contribution in [0.1, 0.15) is 6.92 Å². The molecule has 0 spiro atoms. The van der Waals surface area contributed by atoms with Gasteiger partial charge in [0.2, 0.25) is 0 Å². The van der Waals surface area contributed by atoms with Crippen LogP contribution in [0.2, 0.25) is 0 Å². The van der Waals surface area contributed by atoms with Crippen LogP contribution in [0.15, 0.2) is 40.6 Å². The van der Waals surface area contributed by atoms with E-state index >= 15 is 0 Å². The third-order valence-electron chi connectivity index (χ3n) is 3.73. The summed E-state index contributed by atoms with van der Waals surface area (Å²) in [5, 5.41) is 10.9. The summed E-state index contributed by atoms with van der Waals surface area (Å²) in [7, 11) is 0. The van der Waals surface area contributed by atoms with Gasteiger partial charge in [-0.25, -0.2) is 5.43 Å². The maximum absolute atomic E-state index is 12.7. The maximum Gasteiger partial charge on any atom is 0.310 e. The highest BCUT2D eigenvalue weighted by molar-refractivity contribution is 9.10. The van der Waals surface area contributed by atoms with Gasteiger partial charge in [0, 0.05) is 28.6 Å². The van der Waals surface area contributed by atoms with Crippen molar-refractivity contribution in [2.24, 2.45) is 5.92 Å². The van der Waals surface area contributed by atoms with Crippen LogP contribution >= 0.6 is 15.9 Å². The molecule has 0 radical (unpaired) electrons. The fourth-order valence-corrected chi connectivity index (χ4v) is 3.00. The quantitative estimate of drug-likeness (QED) is 0.845. The summed E-state index contributed by atoms with van der Waals surface area (Å²) in [6.45, 7) is 2.08. The van der Waals surface area contributed by atoms with Gasteiger partial charge in [-0.15, -0.1) is 0 Å².